The molecule has 2 rings (SSSR count). The van der Waals surface area contributed by atoms with Crippen molar-refractivity contribution in [1.82, 2.24) is 0 Å². The molecule has 2 aromatic carbocycles. The zero-order valence-electron chi connectivity index (χ0n) is 13.3. The first kappa shape index (κ1) is 15.8. The summed E-state index contributed by atoms with van der Waals surface area (Å²) in [5.41, 5.74) is 9.74. The maximum atomic E-state index is 6.01. The minimum Gasteiger partial charge on any atom is -0.495 e. The highest BCUT2D eigenvalue weighted by Gasteiger charge is 2.11. The van der Waals surface area contributed by atoms with E-state index in [4.69, 9.17) is 19.9 Å². The number of allylic oxidation sites excluding steroid dienone is 1. The van der Waals surface area contributed by atoms with E-state index in [1.54, 1.807) is 21.3 Å². The van der Waals surface area contributed by atoms with Crippen LogP contribution in [0.15, 0.2) is 42.5 Å². The van der Waals surface area contributed by atoms with Crippen LogP contribution in [0.25, 0.3) is 5.57 Å². The van der Waals surface area contributed by atoms with E-state index < -0.39 is 0 Å². The Hall–Kier alpha value is -2.62. The van der Waals surface area contributed by atoms with Crippen LogP contribution >= 0.6 is 0 Å². The number of rotatable bonds is 5. The van der Waals surface area contributed by atoms with Gasteiger partial charge < -0.3 is 19.9 Å². The van der Waals surface area contributed by atoms with Crippen molar-refractivity contribution in [3.05, 3.63) is 53.6 Å². The van der Waals surface area contributed by atoms with Gasteiger partial charge in [-0.3, -0.25) is 0 Å². The summed E-state index contributed by atoms with van der Waals surface area (Å²) in [5, 5.41) is 0. The second-order valence-electron chi connectivity index (χ2n) is 4.73. The Morgan fingerprint density at radius 3 is 1.86 bits per heavy atom. The highest BCUT2D eigenvalue weighted by molar-refractivity contribution is 5.82. The molecule has 0 aromatic heterocycles. The van der Waals surface area contributed by atoms with Crippen LogP contribution in [0.5, 0.6) is 17.2 Å². The molecule has 116 valence electrons. The highest BCUT2D eigenvalue weighted by atomic mass is 16.5. The molecule has 0 aliphatic carbocycles. The van der Waals surface area contributed by atoms with Gasteiger partial charge in [0.1, 0.15) is 5.75 Å². The summed E-state index contributed by atoms with van der Waals surface area (Å²) < 4.78 is 15.9. The Morgan fingerprint density at radius 1 is 0.818 bits per heavy atom. The first-order valence-electron chi connectivity index (χ1n) is 6.97. The molecule has 0 atom stereocenters. The third-order valence-corrected chi connectivity index (χ3v) is 3.52. The van der Waals surface area contributed by atoms with Crippen LogP contribution in [-0.2, 0) is 0 Å². The average Bonchev–Trinajstić information content (AvgIpc) is 2.55. The summed E-state index contributed by atoms with van der Waals surface area (Å²) in [5.74, 6) is 2.07. The second-order valence-corrected chi connectivity index (χ2v) is 4.73. The van der Waals surface area contributed by atoms with Gasteiger partial charge in [0.25, 0.3) is 0 Å². The lowest BCUT2D eigenvalue weighted by molar-refractivity contribution is 0.355. The smallest absolute Gasteiger partial charge is 0.161 e. The molecule has 0 unspecified atom stereocenters. The van der Waals surface area contributed by atoms with Crippen molar-refractivity contribution in [1.29, 1.82) is 0 Å². The minimum atomic E-state index is 0.611. The van der Waals surface area contributed by atoms with Crippen LogP contribution in [0.4, 0.5) is 5.69 Å². The van der Waals surface area contributed by atoms with Gasteiger partial charge in [-0.25, -0.2) is 0 Å². The molecular formula is C18H21NO3. The lowest BCUT2D eigenvalue weighted by atomic mass is 9.97. The van der Waals surface area contributed by atoms with E-state index in [1.807, 2.05) is 49.4 Å². The summed E-state index contributed by atoms with van der Waals surface area (Å²) in [6.45, 7) is 1.99. The molecule has 0 aliphatic heterocycles. The number of nitrogen functional groups attached to an aromatic ring is 1. The standard InChI is InChI=1S/C18H21NO3/c1-5-14(12-6-8-16(20-2)15(19)10-12)13-7-9-17(21-3)18(11-13)22-4/h5-11H,19H2,1-4H3/b14-5+. The zero-order valence-corrected chi connectivity index (χ0v) is 13.3. The average molecular weight is 299 g/mol. The number of ether oxygens (including phenoxy) is 3. The lowest BCUT2D eigenvalue weighted by Gasteiger charge is -2.13. The number of hydrogen-bond acceptors (Lipinski definition) is 4. The quantitative estimate of drug-likeness (QED) is 0.854. The van der Waals surface area contributed by atoms with Gasteiger partial charge in [-0.05, 0) is 47.9 Å². The maximum absolute atomic E-state index is 6.01. The van der Waals surface area contributed by atoms with E-state index in [0.717, 1.165) is 16.7 Å². The van der Waals surface area contributed by atoms with Crippen LogP contribution in [0.2, 0.25) is 0 Å². The van der Waals surface area contributed by atoms with Crippen LogP contribution in [-0.4, -0.2) is 21.3 Å². The maximum Gasteiger partial charge on any atom is 0.161 e. The first-order chi connectivity index (χ1) is 10.6. The van der Waals surface area contributed by atoms with Crippen LogP contribution in [0, 0.1) is 0 Å². The molecule has 2 N–H and O–H groups in total. The number of nitrogens with two attached hydrogens (primary N) is 1. The molecule has 0 aliphatic rings. The molecule has 4 heteroatoms. The van der Waals surface area contributed by atoms with Crippen molar-refractivity contribution >= 4 is 11.3 Å². The fraction of sp³-hybridized carbons (Fsp3) is 0.222. The van der Waals surface area contributed by atoms with Crippen molar-refractivity contribution in [3.8, 4) is 17.2 Å². The summed E-state index contributed by atoms with van der Waals surface area (Å²) in [6.07, 6.45) is 2.04. The molecule has 22 heavy (non-hydrogen) atoms. The summed E-state index contributed by atoms with van der Waals surface area (Å²) >= 11 is 0. The number of methoxy groups -OCH3 is 3. The molecule has 0 spiro atoms. The van der Waals surface area contributed by atoms with E-state index in [9.17, 15) is 0 Å². The first-order valence-corrected chi connectivity index (χ1v) is 6.97. The monoisotopic (exact) mass is 299 g/mol. The normalized spacial score (nSPS) is 11.2. The number of anilines is 1. The Morgan fingerprint density at radius 2 is 1.36 bits per heavy atom. The van der Waals surface area contributed by atoms with Crippen LogP contribution in [0.1, 0.15) is 18.1 Å². The van der Waals surface area contributed by atoms with Crippen molar-refractivity contribution in [3.63, 3.8) is 0 Å². The van der Waals surface area contributed by atoms with Crippen molar-refractivity contribution < 1.29 is 14.2 Å². The molecule has 0 bridgehead atoms. The van der Waals surface area contributed by atoms with Gasteiger partial charge in [0.2, 0.25) is 0 Å². The lowest BCUT2D eigenvalue weighted by Crippen LogP contribution is -1.96. The van der Waals surface area contributed by atoms with E-state index >= 15 is 0 Å². The molecule has 0 amide bonds. The molecule has 2 aromatic rings. The van der Waals surface area contributed by atoms with E-state index in [1.165, 1.54) is 0 Å². The molecule has 4 nitrogen and oxygen atoms in total. The molecule has 0 saturated heterocycles. The Bertz CT molecular complexity index is 693. The molecule has 0 heterocycles. The van der Waals surface area contributed by atoms with Crippen LogP contribution in [0.3, 0.4) is 0 Å². The summed E-state index contributed by atoms with van der Waals surface area (Å²) in [7, 11) is 4.86. The molecule has 0 radical (unpaired) electrons. The summed E-state index contributed by atoms with van der Waals surface area (Å²) in [4.78, 5) is 0. The third-order valence-electron chi connectivity index (χ3n) is 3.52. The predicted octanol–water partition coefficient (Wildman–Crippen LogP) is 3.75. The fourth-order valence-electron chi connectivity index (χ4n) is 2.41. The largest absolute Gasteiger partial charge is 0.495 e. The number of benzene rings is 2. The topological polar surface area (TPSA) is 53.7 Å². The predicted molar refractivity (Wildman–Crippen MR) is 89.7 cm³/mol. The Balaban J connectivity index is 2.47. The fourth-order valence-corrected chi connectivity index (χ4v) is 2.41. The van der Waals surface area contributed by atoms with Gasteiger partial charge in [0, 0.05) is 0 Å². The van der Waals surface area contributed by atoms with Crippen molar-refractivity contribution in [2.24, 2.45) is 0 Å². The van der Waals surface area contributed by atoms with E-state index in [0.29, 0.717) is 22.9 Å². The molecule has 0 fully saturated rings. The zero-order chi connectivity index (χ0) is 16.1. The van der Waals surface area contributed by atoms with Gasteiger partial charge >= 0.3 is 0 Å². The van der Waals surface area contributed by atoms with E-state index in [2.05, 4.69) is 0 Å². The summed E-state index contributed by atoms with van der Waals surface area (Å²) in [6, 6.07) is 11.6. The van der Waals surface area contributed by atoms with Gasteiger partial charge in [-0.1, -0.05) is 18.2 Å². The van der Waals surface area contributed by atoms with Gasteiger partial charge in [0.05, 0.1) is 27.0 Å². The molecule has 0 saturated carbocycles. The van der Waals surface area contributed by atoms with Crippen molar-refractivity contribution in [2.75, 3.05) is 27.1 Å². The SMILES string of the molecule is C/C=C(\c1ccc(OC)c(N)c1)c1ccc(OC)c(OC)c1. The second kappa shape index (κ2) is 6.89. The number of hydrogen-bond donors (Lipinski definition) is 1. The Kier molecular flexibility index (Phi) is 4.94. The van der Waals surface area contributed by atoms with Crippen LogP contribution < -0.4 is 19.9 Å². The van der Waals surface area contributed by atoms with Gasteiger partial charge in [-0.15, -0.1) is 0 Å². The Labute approximate surface area is 131 Å². The van der Waals surface area contributed by atoms with Crippen molar-refractivity contribution in [2.45, 2.75) is 6.92 Å². The van der Waals surface area contributed by atoms with E-state index in [-0.39, 0.29) is 0 Å². The van der Waals surface area contributed by atoms with Gasteiger partial charge in [-0.2, -0.15) is 0 Å². The minimum absolute atomic E-state index is 0.611. The highest BCUT2D eigenvalue weighted by Crippen LogP contribution is 2.34. The molecular weight excluding hydrogens is 278 g/mol. The third kappa shape index (κ3) is 3.01. The van der Waals surface area contributed by atoms with Gasteiger partial charge in [0.15, 0.2) is 11.5 Å².